The maximum atomic E-state index is 2.61. The van der Waals surface area contributed by atoms with Crippen molar-refractivity contribution < 1.29 is 0 Å². The summed E-state index contributed by atoms with van der Waals surface area (Å²) in [5.41, 5.74) is 31.3. The van der Waals surface area contributed by atoms with Crippen LogP contribution in [0.25, 0.3) is 177 Å². The summed E-state index contributed by atoms with van der Waals surface area (Å²) in [6.07, 6.45) is 4.92. The normalized spacial score (nSPS) is 14.7. The average molecular weight is 1390 g/mol. The van der Waals surface area contributed by atoms with Crippen LogP contribution in [-0.2, 0) is 5.41 Å². The Morgan fingerprint density at radius 1 is 0.239 bits per heavy atom. The smallest absolute Gasteiger partial charge is 0.0748 e. The number of anilines is 2. The van der Waals surface area contributed by atoms with Gasteiger partial charge in [0.25, 0.3) is 0 Å². The van der Waals surface area contributed by atoms with E-state index in [2.05, 4.69) is 423 Å². The number of fused-ring (bicyclic) bond motifs is 21. The maximum Gasteiger partial charge on any atom is 0.0748 e. The Kier molecular flexibility index (Phi) is 13.3. The van der Waals surface area contributed by atoms with Crippen LogP contribution >= 0.6 is 0 Å². The van der Waals surface area contributed by atoms with Crippen LogP contribution < -0.4 is 4.90 Å². The molecular formula is C103H68N6. The summed E-state index contributed by atoms with van der Waals surface area (Å²) in [6, 6.07) is 140. The predicted octanol–water partition coefficient (Wildman–Crippen LogP) is 26.9. The van der Waals surface area contributed by atoms with E-state index in [1.807, 2.05) is 0 Å². The summed E-state index contributed by atoms with van der Waals surface area (Å²) in [4.78, 5) is 2.61. The molecule has 0 saturated heterocycles. The number of hydrogen-bond acceptors (Lipinski definition) is 1. The molecular weight excluding hydrogens is 1320 g/mol. The third-order valence-electron chi connectivity index (χ3n) is 23.8. The van der Waals surface area contributed by atoms with Crippen LogP contribution in [0.2, 0.25) is 0 Å². The van der Waals surface area contributed by atoms with E-state index in [9.17, 15) is 0 Å². The molecule has 0 spiro atoms. The summed E-state index contributed by atoms with van der Waals surface area (Å²) >= 11 is 0. The topological polar surface area (TPSA) is 27.9 Å². The van der Waals surface area contributed by atoms with Gasteiger partial charge in [0.05, 0.1) is 61.4 Å². The molecule has 5 aromatic heterocycles. The molecule has 23 rings (SSSR count). The predicted molar refractivity (Wildman–Crippen MR) is 457 cm³/mol. The lowest BCUT2D eigenvalue weighted by Crippen LogP contribution is -2.34. The average Bonchev–Trinajstić information content (AvgIpc) is 1.54. The van der Waals surface area contributed by atoms with Gasteiger partial charge >= 0.3 is 0 Å². The lowest BCUT2D eigenvalue weighted by molar-refractivity contribution is 0.500. The molecule has 510 valence electrons. The molecule has 1 aliphatic carbocycles. The first-order valence-electron chi connectivity index (χ1n) is 37.8. The number of rotatable bonds is 10. The molecule has 6 nitrogen and oxygen atoms in total. The zero-order valence-corrected chi connectivity index (χ0v) is 59.7. The van der Waals surface area contributed by atoms with Gasteiger partial charge in [0.2, 0.25) is 0 Å². The molecule has 0 fully saturated rings. The molecule has 0 saturated carbocycles. The van der Waals surface area contributed by atoms with E-state index in [1.165, 1.54) is 126 Å². The first-order valence-corrected chi connectivity index (χ1v) is 37.8. The fourth-order valence-electron chi connectivity index (χ4n) is 19.2. The number of aromatic nitrogens is 5. The highest BCUT2D eigenvalue weighted by Gasteiger charge is 2.51. The van der Waals surface area contributed by atoms with Crippen LogP contribution in [0.4, 0.5) is 11.4 Å². The minimum atomic E-state index is -0.314. The van der Waals surface area contributed by atoms with E-state index in [1.54, 1.807) is 0 Å². The van der Waals surface area contributed by atoms with Crippen LogP contribution in [-0.4, -0.2) is 22.8 Å². The Bertz CT molecular complexity index is 7380. The lowest BCUT2D eigenvalue weighted by Gasteiger charge is -2.38. The monoisotopic (exact) mass is 1390 g/mol. The van der Waals surface area contributed by atoms with Crippen molar-refractivity contribution in [3.63, 3.8) is 0 Å². The Labute approximate surface area is 629 Å². The Balaban J connectivity index is 0.696. The molecule has 6 heteroatoms. The van der Waals surface area contributed by atoms with Gasteiger partial charge in [-0.25, -0.2) is 0 Å². The van der Waals surface area contributed by atoms with Crippen molar-refractivity contribution in [2.24, 2.45) is 0 Å². The van der Waals surface area contributed by atoms with Crippen molar-refractivity contribution in [1.29, 1.82) is 0 Å². The maximum absolute atomic E-state index is 2.61. The minimum absolute atomic E-state index is 0.0198. The second kappa shape index (κ2) is 23.7. The van der Waals surface area contributed by atoms with E-state index < -0.39 is 0 Å². The molecule has 109 heavy (non-hydrogen) atoms. The van der Waals surface area contributed by atoms with Gasteiger partial charge in [0.15, 0.2) is 0 Å². The third kappa shape index (κ3) is 9.03. The zero-order valence-electron chi connectivity index (χ0n) is 59.7. The summed E-state index contributed by atoms with van der Waals surface area (Å²) in [5.74, 6) is 0. The molecule has 21 aromatic rings. The molecule has 2 aliphatic rings. The highest BCUT2D eigenvalue weighted by Crippen LogP contribution is 2.61. The van der Waals surface area contributed by atoms with Gasteiger partial charge in [-0.05, 0) is 203 Å². The quantitative estimate of drug-likeness (QED) is 0.134. The number of nitrogens with zero attached hydrogens (tertiary/aromatic N) is 6. The molecule has 6 heterocycles. The fourth-order valence-corrected chi connectivity index (χ4v) is 19.2. The second-order valence-corrected chi connectivity index (χ2v) is 29.7. The number of hydrogen-bond donors (Lipinski definition) is 0. The van der Waals surface area contributed by atoms with Gasteiger partial charge in [-0.1, -0.05) is 243 Å². The van der Waals surface area contributed by atoms with Crippen LogP contribution in [0, 0.1) is 0 Å². The Morgan fingerprint density at radius 3 is 1.13 bits per heavy atom. The largest absolute Gasteiger partial charge is 0.332 e. The van der Waals surface area contributed by atoms with E-state index in [4.69, 9.17) is 0 Å². The molecule has 0 N–H and O–H groups in total. The van der Waals surface area contributed by atoms with Crippen LogP contribution in [0.3, 0.4) is 0 Å². The van der Waals surface area contributed by atoms with Crippen molar-refractivity contribution in [1.82, 2.24) is 22.8 Å². The van der Waals surface area contributed by atoms with Gasteiger partial charge in [0, 0.05) is 99.3 Å². The molecule has 0 bridgehead atoms. The van der Waals surface area contributed by atoms with E-state index >= 15 is 0 Å². The summed E-state index contributed by atoms with van der Waals surface area (Å²) < 4.78 is 12.4. The second-order valence-electron chi connectivity index (χ2n) is 29.7. The first kappa shape index (κ1) is 61.1. The molecule has 16 aromatic carbocycles. The van der Waals surface area contributed by atoms with E-state index in [0.717, 1.165) is 72.9 Å². The Hall–Kier alpha value is -14.2. The molecule has 2 atom stereocenters. The lowest BCUT2D eigenvalue weighted by atomic mass is 9.72. The van der Waals surface area contributed by atoms with Crippen molar-refractivity contribution in [2.75, 3.05) is 4.90 Å². The summed E-state index contributed by atoms with van der Waals surface area (Å²) in [6.45, 7) is 2.44. The molecule has 0 amide bonds. The Morgan fingerprint density at radius 2 is 0.596 bits per heavy atom. The van der Waals surface area contributed by atoms with Gasteiger partial charge in [-0.15, -0.1) is 0 Å². The van der Waals surface area contributed by atoms with Crippen molar-refractivity contribution in [3.8, 4) is 72.9 Å². The van der Waals surface area contributed by atoms with Crippen molar-refractivity contribution >= 4 is 116 Å². The van der Waals surface area contributed by atoms with Gasteiger partial charge in [-0.2, -0.15) is 0 Å². The standard InChI is InChI=1S/C103H68N6/c1-103-58-57-96-99(102(103)109(76-37-9-4-10-38-76)93-52-22-16-46-87(93)103)86-45-15-21-51-92(86)106(96)79-64-72(68-29-23-27-66(59-68)70-31-25-39-77(62-70)105-91-50-20-14-44-85(91)98-95(105)56-54-82-80-41-11-17-47-88(80)107(100(82)98)75-35-7-3-8-36-75)61-73(65-79)69-30-24-28-67(60-69)71-32-26-40-78(63-71)108-89-48-18-12-42-81(89)83-53-55-94-97(101(83)108)84-43-13-19-49-90(84)104(94)74-33-5-2-6-34-74/h2-65,102H,1H3. The van der Waals surface area contributed by atoms with Crippen LogP contribution in [0.1, 0.15) is 29.8 Å². The van der Waals surface area contributed by atoms with Gasteiger partial charge < -0.3 is 27.7 Å². The SMILES string of the molecule is CC12C=Cc3c(c4ccccc4n3-c3cc(-c4cccc(-c5cccc(-n6c7ccccc7c7c6ccc6c8ccccc8n(-c8ccccc8)c67)c5)c4)cc(-c4cccc(-c5cccc(-n6c7ccccc7c7ccc8c(c9ccccc9n8-c8ccccc8)c76)c5)c4)c3)C1N(c1ccccc1)c1ccccc12. The molecule has 0 radical (unpaired) electrons. The van der Waals surface area contributed by atoms with Crippen LogP contribution in [0.15, 0.2) is 382 Å². The summed E-state index contributed by atoms with van der Waals surface area (Å²) in [5, 5.41) is 11.1. The zero-order chi connectivity index (χ0) is 71.6. The van der Waals surface area contributed by atoms with Gasteiger partial charge in [-0.3, -0.25) is 0 Å². The molecule has 2 unspecified atom stereocenters. The highest BCUT2D eigenvalue weighted by molar-refractivity contribution is 6.28. The minimum Gasteiger partial charge on any atom is -0.332 e. The first-order chi connectivity index (χ1) is 54.0. The number of para-hydroxylation sites is 9. The highest BCUT2D eigenvalue weighted by atomic mass is 15.2. The van der Waals surface area contributed by atoms with E-state index in [0.29, 0.717) is 0 Å². The van der Waals surface area contributed by atoms with Crippen LogP contribution in [0.5, 0.6) is 0 Å². The van der Waals surface area contributed by atoms with E-state index in [-0.39, 0.29) is 11.5 Å². The fraction of sp³-hybridized carbons (Fsp3) is 0.0291. The number of benzene rings is 16. The van der Waals surface area contributed by atoms with Crippen molar-refractivity contribution in [3.05, 3.63) is 399 Å². The van der Waals surface area contributed by atoms with Crippen molar-refractivity contribution in [2.45, 2.75) is 18.4 Å². The molecule has 1 aliphatic heterocycles. The third-order valence-corrected chi connectivity index (χ3v) is 23.8. The van der Waals surface area contributed by atoms with Gasteiger partial charge in [0.1, 0.15) is 0 Å². The summed E-state index contributed by atoms with van der Waals surface area (Å²) in [7, 11) is 0.